The smallest absolute Gasteiger partial charge is 0.105 e. The van der Waals surface area contributed by atoms with Crippen molar-refractivity contribution in [3.63, 3.8) is 0 Å². The van der Waals surface area contributed by atoms with Crippen molar-refractivity contribution in [3.05, 3.63) is 0 Å². The highest BCUT2D eigenvalue weighted by Gasteiger charge is 2.35. The van der Waals surface area contributed by atoms with E-state index < -0.39 is 0 Å². The maximum Gasteiger partial charge on any atom is 0.105 e. The number of nitrogens with zero attached hydrogens (tertiary/aromatic N) is 3. The summed E-state index contributed by atoms with van der Waals surface area (Å²) < 4.78 is 0. The number of piperidine rings is 1. The molecule has 0 bridgehead atoms. The maximum absolute atomic E-state index is 9.51. The minimum atomic E-state index is -0.360. The number of nitriles is 1. The molecule has 0 amide bonds. The lowest BCUT2D eigenvalue weighted by molar-refractivity contribution is 0.111. The van der Waals surface area contributed by atoms with E-state index in [0.717, 1.165) is 12.3 Å². The fourth-order valence-corrected chi connectivity index (χ4v) is 3.63. The predicted molar refractivity (Wildman–Crippen MR) is 87.1 cm³/mol. The highest BCUT2D eigenvalue weighted by Crippen LogP contribution is 2.27. The van der Waals surface area contributed by atoms with E-state index in [1.807, 2.05) is 0 Å². The molecule has 120 valence electrons. The van der Waals surface area contributed by atoms with Crippen LogP contribution in [0.25, 0.3) is 0 Å². The second-order valence-corrected chi connectivity index (χ2v) is 7.66. The molecule has 1 aliphatic heterocycles. The molecule has 1 aliphatic carbocycles. The minimum Gasteiger partial charge on any atom is -0.309 e. The van der Waals surface area contributed by atoms with Gasteiger partial charge in [-0.3, -0.25) is 5.32 Å². The molecule has 4 nitrogen and oxygen atoms in total. The van der Waals surface area contributed by atoms with E-state index in [9.17, 15) is 5.26 Å². The normalized spacial score (nSPS) is 25.5. The van der Waals surface area contributed by atoms with Crippen LogP contribution in [0.2, 0.25) is 0 Å². The van der Waals surface area contributed by atoms with Crippen LogP contribution in [0, 0.1) is 17.2 Å². The van der Waals surface area contributed by atoms with E-state index in [1.54, 1.807) is 0 Å². The molecule has 1 saturated carbocycles. The Bertz CT molecular complexity index is 363. The van der Waals surface area contributed by atoms with Crippen LogP contribution in [0.1, 0.15) is 46.0 Å². The first kappa shape index (κ1) is 16.7. The van der Waals surface area contributed by atoms with Crippen LogP contribution < -0.4 is 5.32 Å². The Balaban J connectivity index is 1.78. The van der Waals surface area contributed by atoms with Crippen molar-refractivity contribution >= 4 is 0 Å². The summed E-state index contributed by atoms with van der Waals surface area (Å²) in [5.74, 6) is 0.843. The van der Waals surface area contributed by atoms with Gasteiger partial charge in [-0.25, -0.2) is 0 Å². The zero-order valence-corrected chi connectivity index (χ0v) is 14.2. The van der Waals surface area contributed by atoms with Gasteiger partial charge in [-0.1, -0.05) is 0 Å². The summed E-state index contributed by atoms with van der Waals surface area (Å²) >= 11 is 0. The van der Waals surface area contributed by atoms with Gasteiger partial charge < -0.3 is 9.80 Å². The Hall–Kier alpha value is -0.630. The molecule has 0 radical (unpaired) electrons. The molecule has 1 heterocycles. The van der Waals surface area contributed by atoms with E-state index in [0.29, 0.717) is 12.1 Å². The Labute approximate surface area is 130 Å². The largest absolute Gasteiger partial charge is 0.309 e. The fraction of sp³-hybridized carbons (Fsp3) is 0.941. The van der Waals surface area contributed by atoms with Gasteiger partial charge in [0.2, 0.25) is 0 Å². The molecule has 0 aromatic heterocycles. The van der Waals surface area contributed by atoms with Gasteiger partial charge in [-0.15, -0.1) is 0 Å². The topological polar surface area (TPSA) is 42.3 Å². The third kappa shape index (κ3) is 5.25. The van der Waals surface area contributed by atoms with Gasteiger partial charge in [0.15, 0.2) is 0 Å². The molecular weight excluding hydrogens is 260 g/mol. The third-order valence-electron chi connectivity index (χ3n) is 4.95. The quantitative estimate of drug-likeness (QED) is 0.780. The average molecular weight is 292 g/mol. The van der Waals surface area contributed by atoms with E-state index in [2.05, 4.69) is 49.1 Å². The maximum atomic E-state index is 9.51. The van der Waals surface area contributed by atoms with Gasteiger partial charge in [-0.2, -0.15) is 5.26 Å². The second kappa shape index (κ2) is 7.09. The summed E-state index contributed by atoms with van der Waals surface area (Å²) in [6.45, 7) is 7.94. The summed E-state index contributed by atoms with van der Waals surface area (Å²) in [4.78, 5) is 4.88. The number of likely N-dealkylation sites (tertiary alicyclic amines) is 1. The van der Waals surface area contributed by atoms with E-state index in [1.165, 1.54) is 45.3 Å². The van der Waals surface area contributed by atoms with Crippen LogP contribution in [0.4, 0.5) is 0 Å². The Morgan fingerprint density at radius 2 is 1.90 bits per heavy atom. The zero-order chi connectivity index (χ0) is 15.5. The van der Waals surface area contributed by atoms with E-state index >= 15 is 0 Å². The van der Waals surface area contributed by atoms with Crippen molar-refractivity contribution in [1.29, 1.82) is 5.26 Å². The van der Waals surface area contributed by atoms with Crippen LogP contribution in [-0.2, 0) is 0 Å². The summed E-state index contributed by atoms with van der Waals surface area (Å²) in [6.07, 6.45) is 5.99. The van der Waals surface area contributed by atoms with Crippen LogP contribution in [0.3, 0.4) is 0 Å². The Morgan fingerprint density at radius 1 is 1.29 bits per heavy atom. The molecule has 1 saturated heterocycles. The molecule has 4 heteroatoms. The molecule has 1 N–H and O–H groups in total. The minimum absolute atomic E-state index is 0.360. The molecule has 21 heavy (non-hydrogen) atoms. The molecule has 2 rings (SSSR count). The molecular formula is C17H32N4. The molecule has 2 unspecified atom stereocenters. The standard InChI is InChI=1S/C17H32N4/c1-14(11-17(2,13-18)19-16-5-6-16)21-9-7-15(8-10-21)12-20(3)4/h14-16,19H,5-12H2,1-4H3. The van der Waals surface area contributed by atoms with Crippen LogP contribution >= 0.6 is 0 Å². The summed E-state index contributed by atoms with van der Waals surface area (Å²) in [7, 11) is 4.33. The molecule has 0 aromatic carbocycles. The van der Waals surface area contributed by atoms with E-state index in [-0.39, 0.29) is 5.54 Å². The SMILES string of the molecule is CC(CC(C)(C#N)NC1CC1)N1CCC(CN(C)C)CC1. The van der Waals surface area contributed by atoms with Crippen molar-refractivity contribution in [2.24, 2.45) is 5.92 Å². The van der Waals surface area contributed by atoms with Crippen molar-refractivity contribution in [2.45, 2.75) is 63.6 Å². The first-order chi connectivity index (χ1) is 9.92. The number of nitrogens with one attached hydrogen (secondary N) is 1. The molecule has 0 spiro atoms. The number of hydrogen-bond acceptors (Lipinski definition) is 4. The molecule has 0 aromatic rings. The van der Waals surface area contributed by atoms with Crippen LogP contribution in [-0.4, -0.2) is 61.2 Å². The monoisotopic (exact) mass is 292 g/mol. The second-order valence-electron chi connectivity index (χ2n) is 7.66. The Morgan fingerprint density at radius 3 is 2.38 bits per heavy atom. The first-order valence-electron chi connectivity index (χ1n) is 8.49. The molecule has 2 atom stereocenters. The fourth-order valence-electron chi connectivity index (χ4n) is 3.63. The van der Waals surface area contributed by atoms with Gasteiger partial charge in [0.1, 0.15) is 5.54 Å². The van der Waals surface area contributed by atoms with Gasteiger partial charge in [0.05, 0.1) is 6.07 Å². The predicted octanol–water partition coefficient (Wildman–Crippen LogP) is 2.07. The van der Waals surface area contributed by atoms with Crippen molar-refractivity contribution in [2.75, 3.05) is 33.7 Å². The number of rotatable bonds is 7. The lowest BCUT2D eigenvalue weighted by atomic mass is 9.91. The third-order valence-corrected chi connectivity index (χ3v) is 4.95. The lowest BCUT2D eigenvalue weighted by Gasteiger charge is -2.39. The first-order valence-corrected chi connectivity index (χ1v) is 8.49. The Kier molecular flexibility index (Phi) is 5.65. The summed E-state index contributed by atoms with van der Waals surface area (Å²) in [5, 5.41) is 13.0. The van der Waals surface area contributed by atoms with Gasteiger partial charge in [0.25, 0.3) is 0 Å². The van der Waals surface area contributed by atoms with Crippen molar-refractivity contribution in [3.8, 4) is 6.07 Å². The van der Waals surface area contributed by atoms with Crippen LogP contribution in [0.5, 0.6) is 0 Å². The molecule has 2 fully saturated rings. The van der Waals surface area contributed by atoms with Gasteiger partial charge >= 0.3 is 0 Å². The highest BCUT2D eigenvalue weighted by atomic mass is 15.2. The lowest BCUT2D eigenvalue weighted by Crippen LogP contribution is -2.50. The summed E-state index contributed by atoms with van der Waals surface area (Å²) in [6, 6.07) is 3.59. The number of hydrogen-bond donors (Lipinski definition) is 1. The summed E-state index contributed by atoms with van der Waals surface area (Å²) in [5.41, 5.74) is -0.360. The van der Waals surface area contributed by atoms with Crippen LogP contribution in [0.15, 0.2) is 0 Å². The van der Waals surface area contributed by atoms with Crippen molar-refractivity contribution in [1.82, 2.24) is 15.1 Å². The van der Waals surface area contributed by atoms with Crippen molar-refractivity contribution < 1.29 is 0 Å². The highest BCUT2D eigenvalue weighted by molar-refractivity contribution is 5.08. The van der Waals surface area contributed by atoms with Gasteiger partial charge in [0, 0.05) is 18.6 Å². The molecule has 2 aliphatic rings. The van der Waals surface area contributed by atoms with E-state index in [4.69, 9.17) is 0 Å². The zero-order valence-electron chi connectivity index (χ0n) is 14.2. The average Bonchev–Trinajstić information content (AvgIpc) is 3.22. The van der Waals surface area contributed by atoms with Gasteiger partial charge in [-0.05, 0) is 79.1 Å².